The first-order chi connectivity index (χ1) is 8.56. The lowest BCUT2D eigenvalue weighted by Crippen LogP contribution is -2.07. The molecule has 0 fully saturated rings. The van der Waals surface area contributed by atoms with Crippen molar-refractivity contribution in [2.45, 2.75) is 13.5 Å². The Labute approximate surface area is 108 Å². The van der Waals surface area contributed by atoms with Crippen LogP contribution in [0, 0.1) is 6.92 Å². The number of aryl methyl sites for hydroxylation is 1. The third-order valence-corrected chi connectivity index (χ3v) is 3.10. The van der Waals surface area contributed by atoms with Gasteiger partial charge in [-0.15, -0.1) is 11.3 Å². The molecule has 2 heterocycles. The van der Waals surface area contributed by atoms with Crippen molar-refractivity contribution in [3.05, 3.63) is 33.9 Å². The van der Waals surface area contributed by atoms with Gasteiger partial charge in [0.1, 0.15) is 5.82 Å². The smallest absolute Gasteiger partial charge is 0.337 e. The van der Waals surface area contributed by atoms with Gasteiger partial charge in [-0.1, -0.05) is 0 Å². The van der Waals surface area contributed by atoms with Crippen molar-refractivity contribution >= 4 is 28.8 Å². The summed E-state index contributed by atoms with van der Waals surface area (Å²) in [5, 5.41) is 14.9. The number of hydrogen-bond donors (Lipinski definition) is 3. The zero-order chi connectivity index (χ0) is 13.1. The van der Waals surface area contributed by atoms with Crippen LogP contribution in [0.2, 0.25) is 0 Å². The quantitative estimate of drug-likeness (QED) is 0.777. The third-order valence-electron chi connectivity index (χ3n) is 2.28. The van der Waals surface area contributed by atoms with E-state index in [-0.39, 0.29) is 11.3 Å². The van der Waals surface area contributed by atoms with Gasteiger partial charge in [-0.25, -0.2) is 14.8 Å². The van der Waals surface area contributed by atoms with Crippen LogP contribution in [0.25, 0.3) is 0 Å². The number of carboxylic acid groups (broad SMARTS) is 1. The van der Waals surface area contributed by atoms with Crippen molar-refractivity contribution in [1.82, 2.24) is 9.97 Å². The fourth-order valence-electron chi connectivity index (χ4n) is 1.42. The Balaban J connectivity index is 2.10. The maximum absolute atomic E-state index is 10.9. The minimum absolute atomic E-state index is 0.0435. The standard InChI is InChI=1S/C11H12N4O2S/c1-6-15-7(5-18-6)3-13-10-2-8(11(16)17)9(12)4-14-10/h2,4-5H,3,12H2,1H3,(H,13,14)(H,16,17). The molecule has 94 valence electrons. The Morgan fingerprint density at radius 2 is 2.39 bits per heavy atom. The average molecular weight is 264 g/mol. The van der Waals surface area contributed by atoms with Crippen molar-refractivity contribution in [2.24, 2.45) is 0 Å². The van der Waals surface area contributed by atoms with Gasteiger partial charge in [0.05, 0.1) is 34.7 Å². The van der Waals surface area contributed by atoms with E-state index in [9.17, 15) is 4.79 Å². The van der Waals surface area contributed by atoms with Crippen molar-refractivity contribution in [1.29, 1.82) is 0 Å². The van der Waals surface area contributed by atoms with Crippen molar-refractivity contribution in [3.63, 3.8) is 0 Å². The van der Waals surface area contributed by atoms with Gasteiger partial charge in [-0.3, -0.25) is 0 Å². The van der Waals surface area contributed by atoms with Crippen LogP contribution in [0.4, 0.5) is 11.5 Å². The van der Waals surface area contributed by atoms with Crippen LogP contribution in [0.5, 0.6) is 0 Å². The van der Waals surface area contributed by atoms with E-state index in [1.54, 1.807) is 11.3 Å². The summed E-state index contributed by atoms with van der Waals surface area (Å²) >= 11 is 1.56. The second kappa shape index (κ2) is 5.01. The second-order valence-electron chi connectivity index (χ2n) is 3.67. The molecule has 0 saturated carbocycles. The zero-order valence-corrected chi connectivity index (χ0v) is 10.5. The van der Waals surface area contributed by atoms with Gasteiger partial charge in [-0.05, 0) is 13.0 Å². The maximum Gasteiger partial charge on any atom is 0.337 e. The number of aromatic nitrogens is 2. The Morgan fingerprint density at radius 1 is 1.61 bits per heavy atom. The van der Waals surface area contributed by atoms with Crippen LogP contribution in [0.15, 0.2) is 17.6 Å². The molecular formula is C11H12N4O2S. The summed E-state index contributed by atoms with van der Waals surface area (Å²) in [6.07, 6.45) is 1.33. The lowest BCUT2D eigenvalue weighted by molar-refractivity contribution is 0.0698. The van der Waals surface area contributed by atoms with E-state index >= 15 is 0 Å². The summed E-state index contributed by atoms with van der Waals surface area (Å²) in [6, 6.07) is 1.41. The summed E-state index contributed by atoms with van der Waals surface area (Å²) in [4.78, 5) is 19.2. The molecule has 7 heteroatoms. The van der Waals surface area contributed by atoms with Gasteiger partial charge in [0.25, 0.3) is 0 Å². The van der Waals surface area contributed by atoms with E-state index in [0.29, 0.717) is 12.4 Å². The highest BCUT2D eigenvalue weighted by Gasteiger charge is 2.09. The molecular weight excluding hydrogens is 252 g/mol. The van der Waals surface area contributed by atoms with Crippen LogP contribution in [0.1, 0.15) is 21.1 Å². The normalized spacial score (nSPS) is 10.3. The average Bonchev–Trinajstić information content (AvgIpc) is 2.74. The molecule has 0 saturated heterocycles. The summed E-state index contributed by atoms with van der Waals surface area (Å²) in [7, 11) is 0. The molecule has 0 bridgehead atoms. The Hall–Kier alpha value is -2.15. The van der Waals surface area contributed by atoms with Crippen molar-refractivity contribution < 1.29 is 9.90 Å². The number of nitrogens with zero attached hydrogens (tertiary/aromatic N) is 2. The molecule has 0 radical (unpaired) electrons. The number of nitrogens with one attached hydrogen (secondary N) is 1. The molecule has 0 amide bonds. The Kier molecular flexibility index (Phi) is 3.42. The number of nitrogen functional groups attached to an aromatic ring is 1. The first kappa shape index (κ1) is 12.3. The molecule has 18 heavy (non-hydrogen) atoms. The minimum Gasteiger partial charge on any atom is -0.478 e. The van der Waals surface area contributed by atoms with Gasteiger partial charge in [0, 0.05) is 5.38 Å². The third kappa shape index (κ3) is 2.75. The van der Waals surface area contributed by atoms with E-state index < -0.39 is 5.97 Å². The summed E-state index contributed by atoms with van der Waals surface area (Å²) in [6.45, 7) is 2.43. The molecule has 6 nitrogen and oxygen atoms in total. The molecule has 2 aromatic heterocycles. The van der Waals surface area contributed by atoms with Gasteiger partial charge in [-0.2, -0.15) is 0 Å². The number of carbonyl (C=O) groups is 1. The summed E-state index contributed by atoms with van der Waals surface area (Å²) in [5.74, 6) is -0.602. The number of rotatable bonds is 4. The Morgan fingerprint density at radius 3 is 3.00 bits per heavy atom. The first-order valence-corrected chi connectivity index (χ1v) is 6.08. The lowest BCUT2D eigenvalue weighted by atomic mass is 10.2. The lowest BCUT2D eigenvalue weighted by Gasteiger charge is -2.06. The van der Waals surface area contributed by atoms with E-state index in [2.05, 4.69) is 15.3 Å². The Bertz CT molecular complexity index is 582. The molecule has 0 aliphatic heterocycles. The van der Waals surface area contributed by atoms with E-state index in [0.717, 1.165) is 10.7 Å². The highest BCUT2D eigenvalue weighted by atomic mass is 32.1. The van der Waals surface area contributed by atoms with Crippen LogP contribution in [-0.2, 0) is 6.54 Å². The van der Waals surface area contributed by atoms with Crippen LogP contribution >= 0.6 is 11.3 Å². The number of anilines is 2. The summed E-state index contributed by atoms with van der Waals surface area (Å²) < 4.78 is 0. The van der Waals surface area contributed by atoms with Crippen molar-refractivity contribution in [3.8, 4) is 0 Å². The van der Waals surface area contributed by atoms with Crippen LogP contribution < -0.4 is 11.1 Å². The predicted octanol–water partition coefficient (Wildman–Crippen LogP) is 1.74. The topological polar surface area (TPSA) is 101 Å². The van der Waals surface area contributed by atoms with E-state index in [1.165, 1.54) is 12.3 Å². The molecule has 0 aromatic carbocycles. The maximum atomic E-state index is 10.9. The second-order valence-corrected chi connectivity index (χ2v) is 4.74. The van der Waals surface area contributed by atoms with Gasteiger partial charge in [0.2, 0.25) is 0 Å². The number of aromatic carboxylic acids is 1. The summed E-state index contributed by atoms with van der Waals surface area (Å²) in [5.41, 5.74) is 6.61. The fourth-order valence-corrected chi connectivity index (χ4v) is 2.03. The monoisotopic (exact) mass is 264 g/mol. The zero-order valence-electron chi connectivity index (χ0n) is 9.67. The highest BCUT2D eigenvalue weighted by molar-refractivity contribution is 7.09. The van der Waals surface area contributed by atoms with Crippen molar-refractivity contribution in [2.75, 3.05) is 11.1 Å². The van der Waals surface area contributed by atoms with Gasteiger partial charge >= 0.3 is 5.97 Å². The molecule has 0 aliphatic rings. The number of pyridine rings is 1. The van der Waals surface area contributed by atoms with Crippen LogP contribution in [-0.4, -0.2) is 21.0 Å². The van der Waals surface area contributed by atoms with E-state index in [1.807, 2.05) is 12.3 Å². The fraction of sp³-hybridized carbons (Fsp3) is 0.182. The molecule has 2 aromatic rings. The molecule has 2 rings (SSSR count). The van der Waals surface area contributed by atoms with E-state index in [4.69, 9.17) is 10.8 Å². The van der Waals surface area contributed by atoms with Gasteiger partial charge in [0.15, 0.2) is 0 Å². The number of hydrogen-bond acceptors (Lipinski definition) is 6. The molecule has 0 spiro atoms. The molecule has 0 unspecified atom stereocenters. The number of nitrogens with two attached hydrogens (primary N) is 1. The number of carboxylic acids is 1. The molecule has 0 atom stereocenters. The van der Waals surface area contributed by atoms with Gasteiger partial charge < -0.3 is 16.2 Å². The first-order valence-electron chi connectivity index (χ1n) is 5.20. The largest absolute Gasteiger partial charge is 0.478 e. The highest BCUT2D eigenvalue weighted by Crippen LogP contribution is 2.16. The minimum atomic E-state index is -1.07. The predicted molar refractivity (Wildman–Crippen MR) is 69.8 cm³/mol. The molecule has 4 N–H and O–H groups in total. The number of thiazole rings is 1. The van der Waals surface area contributed by atoms with Crippen LogP contribution in [0.3, 0.4) is 0 Å². The molecule has 0 aliphatic carbocycles. The SMILES string of the molecule is Cc1nc(CNc2cc(C(=O)O)c(N)cn2)cs1.